The molecule has 0 bridgehead atoms. The minimum atomic E-state index is -0.182. The summed E-state index contributed by atoms with van der Waals surface area (Å²) in [4.78, 5) is 21.3. The van der Waals surface area contributed by atoms with Crippen LogP contribution in [0, 0.1) is 0 Å². The second kappa shape index (κ2) is 9.17. The molecule has 1 aromatic carbocycles. The van der Waals surface area contributed by atoms with Gasteiger partial charge in [-0.2, -0.15) is 0 Å². The van der Waals surface area contributed by atoms with E-state index in [-0.39, 0.29) is 18.6 Å². The second-order valence-electron chi connectivity index (χ2n) is 7.35. The van der Waals surface area contributed by atoms with Crippen molar-refractivity contribution in [3.63, 3.8) is 0 Å². The van der Waals surface area contributed by atoms with E-state index >= 15 is 0 Å². The molecule has 3 heterocycles. The molecule has 2 saturated heterocycles. The van der Waals surface area contributed by atoms with Gasteiger partial charge >= 0.3 is 0 Å². The van der Waals surface area contributed by atoms with Crippen molar-refractivity contribution in [1.82, 2.24) is 14.8 Å². The fraction of sp³-hybridized carbons (Fsp3) is 0.455. The van der Waals surface area contributed by atoms with Gasteiger partial charge in [-0.15, -0.1) is 0 Å². The van der Waals surface area contributed by atoms with Gasteiger partial charge in [0.25, 0.3) is 0 Å². The fourth-order valence-corrected chi connectivity index (χ4v) is 3.93. The van der Waals surface area contributed by atoms with Gasteiger partial charge in [-0.1, -0.05) is 24.6 Å². The Labute approximate surface area is 166 Å². The van der Waals surface area contributed by atoms with E-state index in [2.05, 4.69) is 9.88 Å². The van der Waals surface area contributed by atoms with Crippen LogP contribution in [0.15, 0.2) is 48.8 Å². The summed E-state index contributed by atoms with van der Waals surface area (Å²) in [6.45, 7) is 4.45. The lowest BCUT2D eigenvalue weighted by Crippen LogP contribution is -2.48. The molecule has 6 nitrogen and oxygen atoms in total. The van der Waals surface area contributed by atoms with E-state index in [4.69, 9.17) is 9.47 Å². The summed E-state index contributed by atoms with van der Waals surface area (Å²) >= 11 is 0. The fourth-order valence-electron chi connectivity index (χ4n) is 3.93. The van der Waals surface area contributed by atoms with Gasteiger partial charge in [-0.3, -0.25) is 9.78 Å². The Balaban J connectivity index is 1.52. The van der Waals surface area contributed by atoms with Gasteiger partial charge in [0, 0.05) is 31.0 Å². The van der Waals surface area contributed by atoms with Crippen molar-refractivity contribution >= 4 is 5.91 Å². The van der Waals surface area contributed by atoms with Gasteiger partial charge < -0.3 is 19.3 Å². The average Bonchev–Trinajstić information content (AvgIpc) is 2.75. The Hall–Kier alpha value is -2.44. The summed E-state index contributed by atoms with van der Waals surface area (Å²) in [5.41, 5.74) is 0.887. The van der Waals surface area contributed by atoms with Crippen LogP contribution < -0.4 is 4.74 Å². The van der Waals surface area contributed by atoms with Gasteiger partial charge in [0.15, 0.2) is 0 Å². The number of pyridine rings is 1. The predicted molar refractivity (Wildman–Crippen MR) is 106 cm³/mol. The maximum absolute atomic E-state index is 12.6. The molecular formula is C22H27N3O3. The summed E-state index contributed by atoms with van der Waals surface area (Å²) in [5.74, 6) is 1.51. The molecule has 1 amide bonds. The average molecular weight is 381 g/mol. The molecule has 1 atom stereocenters. The van der Waals surface area contributed by atoms with Crippen LogP contribution in [0.5, 0.6) is 11.5 Å². The zero-order valence-electron chi connectivity index (χ0n) is 16.1. The third-order valence-electron chi connectivity index (χ3n) is 5.44. The molecule has 148 valence electrons. The number of hydrogen-bond acceptors (Lipinski definition) is 5. The summed E-state index contributed by atoms with van der Waals surface area (Å²) in [7, 11) is 0. The first-order valence-electron chi connectivity index (χ1n) is 10.1. The molecule has 1 unspecified atom stereocenters. The van der Waals surface area contributed by atoms with Gasteiger partial charge in [-0.05, 0) is 44.1 Å². The molecule has 1 aromatic heterocycles. The molecule has 0 N–H and O–H groups in total. The van der Waals surface area contributed by atoms with E-state index < -0.39 is 0 Å². The van der Waals surface area contributed by atoms with Crippen LogP contribution in [0.4, 0.5) is 0 Å². The Morgan fingerprint density at radius 1 is 1.07 bits per heavy atom. The van der Waals surface area contributed by atoms with Crippen LogP contribution in [0.2, 0.25) is 0 Å². The maximum Gasteiger partial charge on any atom is 0.249 e. The number of morpholine rings is 1. The number of hydrogen-bond donors (Lipinski definition) is 0. The summed E-state index contributed by atoms with van der Waals surface area (Å²) in [6.07, 6.45) is 7.31. The van der Waals surface area contributed by atoms with E-state index in [1.165, 1.54) is 19.3 Å². The van der Waals surface area contributed by atoms with E-state index in [1.807, 2.05) is 41.3 Å². The molecule has 2 fully saturated rings. The lowest BCUT2D eigenvalue weighted by Gasteiger charge is -2.38. The molecule has 0 aliphatic carbocycles. The number of carbonyl (C=O) groups excluding carboxylic acids is 1. The normalized spacial score (nSPS) is 20.9. The number of likely N-dealkylation sites (tertiary alicyclic amines) is 1. The first-order chi connectivity index (χ1) is 13.8. The lowest BCUT2D eigenvalue weighted by molar-refractivity contribution is -0.148. The molecule has 0 radical (unpaired) electrons. The van der Waals surface area contributed by atoms with E-state index in [9.17, 15) is 4.79 Å². The number of carbonyl (C=O) groups is 1. The highest BCUT2D eigenvalue weighted by Gasteiger charge is 2.32. The first kappa shape index (κ1) is 18.9. The SMILES string of the molecule is O=C1COCC(c2cnccc2Oc2ccccc2)N1CCN1CCCCC1. The van der Waals surface area contributed by atoms with Crippen LogP contribution in [0.25, 0.3) is 0 Å². The number of piperidine rings is 1. The van der Waals surface area contributed by atoms with Crippen molar-refractivity contribution in [1.29, 1.82) is 0 Å². The summed E-state index contributed by atoms with van der Waals surface area (Å²) in [5, 5.41) is 0. The number of ether oxygens (including phenoxy) is 2. The number of aromatic nitrogens is 1. The van der Waals surface area contributed by atoms with E-state index in [0.717, 1.165) is 30.9 Å². The number of rotatable bonds is 6. The first-order valence-corrected chi connectivity index (χ1v) is 10.1. The maximum atomic E-state index is 12.6. The largest absolute Gasteiger partial charge is 0.457 e. The highest BCUT2D eigenvalue weighted by atomic mass is 16.5. The molecule has 2 aliphatic heterocycles. The van der Waals surface area contributed by atoms with Crippen molar-refractivity contribution < 1.29 is 14.3 Å². The monoisotopic (exact) mass is 381 g/mol. The summed E-state index contributed by atoms with van der Waals surface area (Å²) < 4.78 is 11.7. The van der Waals surface area contributed by atoms with Gasteiger partial charge in [0.1, 0.15) is 18.1 Å². The molecular weight excluding hydrogens is 354 g/mol. The third-order valence-corrected chi connectivity index (χ3v) is 5.44. The molecule has 2 aliphatic rings. The van der Waals surface area contributed by atoms with Crippen LogP contribution in [-0.4, -0.2) is 60.1 Å². The summed E-state index contributed by atoms with van der Waals surface area (Å²) in [6, 6.07) is 11.3. The predicted octanol–water partition coefficient (Wildman–Crippen LogP) is 3.26. The van der Waals surface area contributed by atoms with E-state index in [0.29, 0.717) is 18.9 Å². The number of amides is 1. The van der Waals surface area contributed by atoms with E-state index in [1.54, 1.807) is 12.4 Å². The molecule has 0 saturated carbocycles. The Morgan fingerprint density at radius 2 is 1.89 bits per heavy atom. The topological polar surface area (TPSA) is 54.9 Å². The molecule has 28 heavy (non-hydrogen) atoms. The molecule has 4 rings (SSSR count). The van der Waals surface area contributed by atoms with Crippen LogP contribution in [-0.2, 0) is 9.53 Å². The van der Waals surface area contributed by atoms with Gasteiger partial charge in [0.05, 0.1) is 12.6 Å². The number of nitrogens with zero attached hydrogens (tertiary/aromatic N) is 3. The van der Waals surface area contributed by atoms with Crippen LogP contribution in [0.1, 0.15) is 30.9 Å². The number of para-hydroxylation sites is 1. The zero-order chi connectivity index (χ0) is 19.2. The van der Waals surface area contributed by atoms with Crippen LogP contribution in [0.3, 0.4) is 0 Å². The Bertz CT molecular complexity index is 778. The Morgan fingerprint density at radius 3 is 2.71 bits per heavy atom. The highest BCUT2D eigenvalue weighted by molar-refractivity contribution is 5.78. The minimum Gasteiger partial charge on any atom is -0.457 e. The quantitative estimate of drug-likeness (QED) is 0.769. The van der Waals surface area contributed by atoms with Crippen molar-refractivity contribution in [3.05, 3.63) is 54.4 Å². The third kappa shape index (κ3) is 4.51. The minimum absolute atomic E-state index is 0.0303. The van der Waals surface area contributed by atoms with Crippen molar-refractivity contribution in [2.24, 2.45) is 0 Å². The zero-order valence-corrected chi connectivity index (χ0v) is 16.1. The standard InChI is InChI=1S/C22H27N3O3/c26-22-17-27-16-20(25(22)14-13-24-11-5-2-6-12-24)19-15-23-10-9-21(19)28-18-7-3-1-4-8-18/h1,3-4,7-10,15,20H,2,5-6,11-14,16-17H2. The molecule has 6 heteroatoms. The van der Waals surface area contributed by atoms with Crippen LogP contribution >= 0.6 is 0 Å². The van der Waals surface area contributed by atoms with Gasteiger partial charge in [-0.25, -0.2) is 0 Å². The van der Waals surface area contributed by atoms with Gasteiger partial charge in [0.2, 0.25) is 5.91 Å². The second-order valence-corrected chi connectivity index (χ2v) is 7.35. The smallest absolute Gasteiger partial charge is 0.249 e. The molecule has 2 aromatic rings. The lowest BCUT2D eigenvalue weighted by atomic mass is 10.1. The van der Waals surface area contributed by atoms with Crippen molar-refractivity contribution in [2.45, 2.75) is 25.3 Å². The van der Waals surface area contributed by atoms with Crippen molar-refractivity contribution in [3.8, 4) is 11.5 Å². The Kier molecular flexibility index (Phi) is 6.19. The number of benzene rings is 1. The molecule has 0 spiro atoms. The highest BCUT2D eigenvalue weighted by Crippen LogP contribution is 2.33. The van der Waals surface area contributed by atoms with Crippen molar-refractivity contribution in [2.75, 3.05) is 39.4 Å².